The number of amides is 2. The molecule has 168 valence electrons. The summed E-state index contributed by atoms with van der Waals surface area (Å²) in [6.07, 6.45) is 0.597. The zero-order valence-corrected chi connectivity index (χ0v) is 19.4. The molecular formula is C28H28N2O3. The van der Waals surface area contributed by atoms with Crippen LogP contribution in [-0.4, -0.2) is 30.4 Å². The van der Waals surface area contributed by atoms with Gasteiger partial charge in [-0.15, -0.1) is 0 Å². The smallest absolute Gasteiger partial charge is 0.278 e. The second-order valence-electron chi connectivity index (χ2n) is 8.39. The number of anilines is 1. The van der Waals surface area contributed by atoms with Crippen molar-refractivity contribution >= 4 is 23.1 Å². The molecule has 1 aliphatic heterocycles. The number of aryl methyl sites for hydroxylation is 3. The van der Waals surface area contributed by atoms with Gasteiger partial charge >= 0.3 is 0 Å². The van der Waals surface area contributed by atoms with Crippen molar-refractivity contribution in [1.82, 2.24) is 4.90 Å². The van der Waals surface area contributed by atoms with E-state index in [4.69, 9.17) is 4.74 Å². The molecule has 33 heavy (non-hydrogen) atoms. The van der Waals surface area contributed by atoms with Gasteiger partial charge in [-0.25, -0.2) is 0 Å². The summed E-state index contributed by atoms with van der Waals surface area (Å²) in [4.78, 5) is 28.4. The SMILES string of the molecule is COc1ccc(C)cc1NC1=C(c2ccc(C)cc2C)C(=O)N(CCc2ccccc2)C1=O. The Morgan fingerprint density at radius 2 is 1.55 bits per heavy atom. The molecule has 4 rings (SSSR count). The van der Waals surface area contributed by atoms with Gasteiger partial charge in [0.05, 0.1) is 18.4 Å². The number of nitrogens with zero attached hydrogens (tertiary/aromatic N) is 1. The van der Waals surface area contributed by atoms with Crippen LogP contribution in [0, 0.1) is 20.8 Å². The minimum atomic E-state index is -0.325. The zero-order valence-electron chi connectivity index (χ0n) is 19.4. The highest BCUT2D eigenvalue weighted by atomic mass is 16.5. The number of imide groups is 1. The Hall–Kier alpha value is -3.86. The molecule has 1 N–H and O–H groups in total. The maximum absolute atomic E-state index is 13.6. The van der Waals surface area contributed by atoms with Crippen LogP contribution < -0.4 is 10.1 Å². The van der Waals surface area contributed by atoms with E-state index in [1.807, 2.05) is 87.5 Å². The number of methoxy groups -OCH3 is 1. The first-order valence-electron chi connectivity index (χ1n) is 11.0. The summed E-state index contributed by atoms with van der Waals surface area (Å²) < 4.78 is 5.49. The molecule has 5 nitrogen and oxygen atoms in total. The summed E-state index contributed by atoms with van der Waals surface area (Å²) in [5.41, 5.74) is 6.24. The van der Waals surface area contributed by atoms with Crippen molar-refractivity contribution in [2.45, 2.75) is 27.2 Å². The Kier molecular flexibility index (Phi) is 6.31. The summed E-state index contributed by atoms with van der Waals surface area (Å²) in [7, 11) is 1.59. The maximum atomic E-state index is 13.6. The third kappa shape index (κ3) is 4.53. The highest BCUT2D eigenvalue weighted by Gasteiger charge is 2.39. The summed E-state index contributed by atoms with van der Waals surface area (Å²) in [5, 5.41) is 3.24. The fourth-order valence-corrected chi connectivity index (χ4v) is 4.18. The van der Waals surface area contributed by atoms with E-state index in [9.17, 15) is 9.59 Å². The van der Waals surface area contributed by atoms with Crippen molar-refractivity contribution in [1.29, 1.82) is 0 Å². The molecule has 1 aliphatic rings. The van der Waals surface area contributed by atoms with Gasteiger partial charge in [0.15, 0.2) is 0 Å². The number of hydrogen-bond donors (Lipinski definition) is 1. The van der Waals surface area contributed by atoms with E-state index in [-0.39, 0.29) is 17.5 Å². The first kappa shape index (κ1) is 22.3. The Bertz CT molecular complexity index is 1250. The third-order valence-electron chi connectivity index (χ3n) is 5.90. The minimum absolute atomic E-state index is 0.281. The van der Waals surface area contributed by atoms with Crippen molar-refractivity contribution < 1.29 is 14.3 Å². The second kappa shape index (κ2) is 9.33. The average Bonchev–Trinajstić information content (AvgIpc) is 3.02. The summed E-state index contributed by atoms with van der Waals surface area (Å²) in [6.45, 7) is 6.25. The first-order valence-corrected chi connectivity index (χ1v) is 11.0. The van der Waals surface area contributed by atoms with Gasteiger partial charge in [-0.1, -0.05) is 60.2 Å². The van der Waals surface area contributed by atoms with E-state index in [0.29, 0.717) is 30.0 Å². The normalized spacial score (nSPS) is 13.6. The largest absolute Gasteiger partial charge is 0.495 e. The molecule has 3 aromatic rings. The molecule has 0 saturated carbocycles. The predicted molar refractivity (Wildman–Crippen MR) is 131 cm³/mol. The van der Waals surface area contributed by atoms with Crippen LogP contribution in [-0.2, 0) is 16.0 Å². The predicted octanol–water partition coefficient (Wildman–Crippen LogP) is 5.06. The van der Waals surface area contributed by atoms with Gasteiger partial charge < -0.3 is 10.1 Å². The monoisotopic (exact) mass is 440 g/mol. The summed E-state index contributed by atoms with van der Waals surface area (Å²) in [6, 6.07) is 21.5. The average molecular weight is 441 g/mol. The molecule has 2 amide bonds. The third-order valence-corrected chi connectivity index (χ3v) is 5.90. The lowest BCUT2D eigenvalue weighted by molar-refractivity contribution is -0.136. The Balaban J connectivity index is 1.75. The molecule has 0 unspecified atom stereocenters. The number of rotatable bonds is 7. The van der Waals surface area contributed by atoms with Gasteiger partial charge in [-0.05, 0) is 61.6 Å². The van der Waals surface area contributed by atoms with E-state index < -0.39 is 0 Å². The van der Waals surface area contributed by atoms with Crippen molar-refractivity contribution in [3.63, 3.8) is 0 Å². The fraction of sp³-hybridized carbons (Fsp3) is 0.214. The van der Waals surface area contributed by atoms with Crippen LogP contribution in [0.2, 0.25) is 0 Å². The molecular weight excluding hydrogens is 412 g/mol. The van der Waals surface area contributed by atoms with Crippen molar-refractivity contribution in [2.75, 3.05) is 19.0 Å². The van der Waals surface area contributed by atoms with Crippen molar-refractivity contribution in [3.05, 3.63) is 100 Å². The van der Waals surface area contributed by atoms with Gasteiger partial charge in [-0.3, -0.25) is 14.5 Å². The topological polar surface area (TPSA) is 58.6 Å². The number of benzene rings is 3. The van der Waals surface area contributed by atoms with Crippen LogP contribution in [0.5, 0.6) is 5.75 Å². The number of nitrogens with one attached hydrogen (secondary N) is 1. The lowest BCUT2D eigenvalue weighted by Gasteiger charge is -2.16. The van der Waals surface area contributed by atoms with Crippen LogP contribution >= 0.6 is 0 Å². The van der Waals surface area contributed by atoms with Gasteiger partial charge in [0.1, 0.15) is 11.4 Å². The van der Waals surface area contributed by atoms with Crippen LogP contribution in [0.3, 0.4) is 0 Å². The van der Waals surface area contributed by atoms with Crippen LogP contribution in [0.4, 0.5) is 5.69 Å². The van der Waals surface area contributed by atoms with Gasteiger partial charge in [-0.2, -0.15) is 0 Å². The Morgan fingerprint density at radius 3 is 2.24 bits per heavy atom. The van der Waals surface area contributed by atoms with Crippen LogP contribution in [0.15, 0.2) is 72.4 Å². The van der Waals surface area contributed by atoms with Gasteiger partial charge in [0, 0.05) is 6.54 Å². The van der Waals surface area contributed by atoms with Crippen molar-refractivity contribution in [3.8, 4) is 5.75 Å². The zero-order chi connectivity index (χ0) is 23.5. The highest BCUT2D eigenvalue weighted by molar-refractivity contribution is 6.36. The molecule has 0 fully saturated rings. The first-order chi connectivity index (χ1) is 15.9. The standard InChI is InChI=1S/C28H28N2O3/c1-18-10-12-22(20(3)16-18)25-26(29-23-17-19(2)11-13-24(23)33-4)28(32)30(27(25)31)15-14-21-8-6-5-7-9-21/h5-13,16-17,29H,14-15H2,1-4H3. The molecule has 1 heterocycles. The molecule has 5 heteroatoms. The number of carbonyl (C=O) groups is 2. The molecule has 0 aromatic heterocycles. The van der Waals surface area contributed by atoms with Crippen LogP contribution in [0.25, 0.3) is 5.57 Å². The van der Waals surface area contributed by atoms with E-state index in [1.165, 1.54) is 4.90 Å². The molecule has 0 radical (unpaired) electrons. The number of carbonyl (C=O) groups excluding carboxylic acids is 2. The second-order valence-corrected chi connectivity index (χ2v) is 8.39. The van der Waals surface area contributed by atoms with E-state index in [0.717, 1.165) is 27.8 Å². The van der Waals surface area contributed by atoms with Gasteiger partial charge in [0.25, 0.3) is 11.8 Å². The van der Waals surface area contributed by atoms with E-state index >= 15 is 0 Å². The fourth-order valence-electron chi connectivity index (χ4n) is 4.18. The lowest BCUT2D eigenvalue weighted by Crippen LogP contribution is -2.34. The van der Waals surface area contributed by atoms with Crippen LogP contribution in [0.1, 0.15) is 27.8 Å². The Labute approximate surface area is 194 Å². The molecule has 0 spiro atoms. The van der Waals surface area contributed by atoms with Gasteiger partial charge in [0.2, 0.25) is 0 Å². The number of hydrogen-bond acceptors (Lipinski definition) is 4. The van der Waals surface area contributed by atoms with E-state index in [1.54, 1.807) is 7.11 Å². The van der Waals surface area contributed by atoms with E-state index in [2.05, 4.69) is 5.32 Å². The van der Waals surface area contributed by atoms with Crippen molar-refractivity contribution in [2.24, 2.45) is 0 Å². The highest BCUT2D eigenvalue weighted by Crippen LogP contribution is 2.35. The molecule has 0 saturated heterocycles. The lowest BCUT2D eigenvalue weighted by atomic mass is 9.97. The molecule has 0 aliphatic carbocycles. The quantitative estimate of drug-likeness (QED) is 0.522. The maximum Gasteiger partial charge on any atom is 0.278 e. The summed E-state index contributed by atoms with van der Waals surface area (Å²) >= 11 is 0. The molecule has 0 bridgehead atoms. The molecule has 0 atom stereocenters. The Morgan fingerprint density at radius 1 is 0.848 bits per heavy atom. The number of ether oxygens (including phenoxy) is 1. The minimum Gasteiger partial charge on any atom is -0.495 e. The summed E-state index contributed by atoms with van der Waals surface area (Å²) in [5.74, 6) is 0.00234. The molecule has 3 aromatic carbocycles.